The lowest BCUT2D eigenvalue weighted by atomic mass is 9.75. The molecule has 0 saturated carbocycles. The third kappa shape index (κ3) is 1.57. The number of anilines is 1. The molecule has 86 valence electrons. The Morgan fingerprint density at radius 3 is 2.56 bits per heavy atom. The first-order valence-electron chi connectivity index (χ1n) is 5.83. The van der Waals surface area contributed by atoms with E-state index in [9.17, 15) is 0 Å². The summed E-state index contributed by atoms with van der Waals surface area (Å²) in [6, 6.07) is 2.20. The summed E-state index contributed by atoms with van der Waals surface area (Å²) in [6.45, 7) is 6.55. The van der Waals surface area contributed by atoms with E-state index in [1.807, 2.05) is 7.05 Å². The van der Waals surface area contributed by atoms with E-state index in [-0.39, 0.29) is 0 Å². The van der Waals surface area contributed by atoms with Crippen LogP contribution in [0.15, 0.2) is 6.20 Å². The standard InChI is InChI=1S/C12H18N4/c1-4-12(5-2)8-16(9-12)11-10(6-13)7-15(3)14-11/h7H,4-5,8-9H2,1-3H3. The van der Waals surface area contributed by atoms with Crippen LogP contribution in [-0.2, 0) is 7.05 Å². The number of nitrogens with zero attached hydrogens (tertiary/aromatic N) is 4. The van der Waals surface area contributed by atoms with Gasteiger partial charge in [0.15, 0.2) is 5.82 Å². The molecule has 0 unspecified atom stereocenters. The Kier molecular flexibility index (Phi) is 2.63. The minimum atomic E-state index is 0.449. The molecule has 4 nitrogen and oxygen atoms in total. The smallest absolute Gasteiger partial charge is 0.168 e. The molecule has 4 heteroatoms. The van der Waals surface area contributed by atoms with Crippen LogP contribution in [0.4, 0.5) is 5.82 Å². The second-order valence-corrected chi connectivity index (χ2v) is 4.72. The molecule has 2 rings (SSSR count). The maximum atomic E-state index is 9.01. The van der Waals surface area contributed by atoms with E-state index in [1.165, 1.54) is 12.8 Å². The maximum Gasteiger partial charge on any atom is 0.168 e. The molecule has 1 aromatic heterocycles. The summed E-state index contributed by atoms with van der Waals surface area (Å²) in [5, 5.41) is 13.4. The monoisotopic (exact) mass is 218 g/mol. The van der Waals surface area contributed by atoms with Gasteiger partial charge in [-0.2, -0.15) is 10.4 Å². The van der Waals surface area contributed by atoms with Crippen molar-refractivity contribution in [2.75, 3.05) is 18.0 Å². The van der Waals surface area contributed by atoms with E-state index in [0.717, 1.165) is 18.9 Å². The van der Waals surface area contributed by atoms with Crippen molar-refractivity contribution in [2.45, 2.75) is 26.7 Å². The highest BCUT2D eigenvalue weighted by molar-refractivity contribution is 5.55. The molecule has 0 spiro atoms. The largest absolute Gasteiger partial charge is 0.353 e. The number of hydrogen-bond acceptors (Lipinski definition) is 3. The molecule has 1 saturated heterocycles. The average molecular weight is 218 g/mol. The summed E-state index contributed by atoms with van der Waals surface area (Å²) < 4.78 is 1.71. The van der Waals surface area contributed by atoms with E-state index in [2.05, 4.69) is 29.9 Å². The molecule has 1 aromatic rings. The Bertz CT molecular complexity index is 415. The lowest BCUT2D eigenvalue weighted by Gasteiger charge is -2.50. The highest BCUT2D eigenvalue weighted by Crippen LogP contribution is 2.40. The molecule has 0 amide bonds. The van der Waals surface area contributed by atoms with Crippen molar-refractivity contribution in [3.63, 3.8) is 0 Å². The predicted octanol–water partition coefficient (Wildman–Crippen LogP) is 1.92. The van der Waals surface area contributed by atoms with E-state index >= 15 is 0 Å². The van der Waals surface area contributed by atoms with Crippen molar-refractivity contribution in [1.82, 2.24) is 9.78 Å². The fraction of sp³-hybridized carbons (Fsp3) is 0.667. The average Bonchev–Trinajstić information content (AvgIpc) is 2.60. The number of rotatable bonds is 3. The zero-order valence-corrected chi connectivity index (χ0v) is 10.2. The molecule has 1 fully saturated rings. The normalized spacial score (nSPS) is 18.0. The molecule has 0 radical (unpaired) electrons. The van der Waals surface area contributed by atoms with Gasteiger partial charge in [-0.25, -0.2) is 0 Å². The molecule has 0 aliphatic carbocycles. The fourth-order valence-corrected chi connectivity index (χ4v) is 2.40. The molecule has 1 aliphatic rings. The van der Waals surface area contributed by atoms with Crippen LogP contribution in [0.25, 0.3) is 0 Å². The Morgan fingerprint density at radius 2 is 2.06 bits per heavy atom. The second kappa shape index (κ2) is 3.82. The van der Waals surface area contributed by atoms with Crippen molar-refractivity contribution < 1.29 is 0 Å². The van der Waals surface area contributed by atoms with Crippen LogP contribution in [0.1, 0.15) is 32.3 Å². The van der Waals surface area contributed by atoms with Crippen molar-refractivity contribution in [3.05, 3.63) is 11.8 Å². The van der Waals surface area contributed by atoms with Crippen LogP contribution in [0.5, 0.6) is 0 Å². The van der Waals surface area contributed by atoms with Crippen molar-refractivity contribution in [3.8, 4) is 6.07 Å². The SMILES string of the molecule is CCC1(CC)CN(c2nn(C)cc2C#N)C1. The number of nitriles is 1. The van der Waals surface area contributed by atoms with Gasteiger partial charge in [0.25, 0.3) is 0 Å². The second-order valence-electron chi connectivity index (χ2n) is 4.72. The third-order valence-electron chi connectivity index (χ3n) is 3.78. The zero-order chi connectivity index (χ0) is 11.8. The minimum Gasteiger partial charge on any atom is -0.353 e. The molecular formula is C12H18N4. The van der Waals surface area contributed by atoms with Crippen LogP contribution in [0.2, 0.25) is 0 Å². The van der Waals surface area contributed by atoms with Crippen molar-refractivity contribution in [1.29, 1.82) is 5.26 Å². The molecule has 2 heterocycles. The summed E-state index contributed by atoms with van der Waals surface area (Å²) in [6.07, 6.45) is 4.19. The van der Waals surface area contributed by atoms with Crippen LogP contribution in [-0.4, -0.2) is 22.9 Å². The predicted molar refractivity (Wildman–Crippen MR) is 63.2 cm³/mol. The molecule has 16 heavy (non-hydrogen) atoms. The van der Waals surface area contributed by atoms with Gasteiger partial charge < -0.3 is 4.90 Å². The summed E-state index contributed by atoms with van der Waals surface area (Å²) in [5.41, 5.74) is 1.13. The Balaban J connectivity index is 2.15. The molecule has 0 bridgehead atoms. The molecule has 1 aliphatic heterocycles. The summed E-state index contributed by atoms with van der Waals surface area (Å²) >= 11 is 0. The fourth-order valence-electron chi connectivity index (χ4n) is 2.40. The number of aromatic nitrogens is 2. The van der Waals surface area contributed by atoms with E-state index in [4.69, 9.17) is 5.26 Å². The highest BCUT2D eigenvalue weighted by atomic mass is 15.4. The molecular weight excluding hydrogens is 200 g/mol. The number of aryl methyl sites for hydroxylation is 1. The van der Waals surface area contributed by atoms with Gasteiger partial charge in [-0.1, -0.05) is 13.8 Å². The summed E-state index contributed by atoms with van der Waals surface area (Å²) in [7, 11) is 1.86. The van der Waals surface area contributed by atoms with Gasteiger partial charge in [0.2, 0.25) is 0 Å². The van der Waals surface area contributed by atoms with Crippen LogP contribution < -0.4 is 4.90 Å². The van der Waals surface area contributed by atoms with Gasteiger partial charge >= 0.3 is 0 Å². The lowest BCUT2D eigenvalue weighted by molar-refractivity contribution is 0.193. The van der Waals surface area contributed by atoms with Gasteiger partial charge in [0.1, 0.15) is 11.6 Å². The maximum absolute atomic E-state index is 9.01. The zero-order valence-electron chi connectivity index (χ0n) is 10.2. The van der Waals surface area contributed by atoms with Gasteiger partial charge in [-0.05, 0) is 12.8 Å². The summed E-state index contributed by atoms with van der Waals surface area (Å²) in [4.78, 5) is 2.21. The molecule has 0 N–H and O–H groups in total. The number of hydrogen-bond donors (Lipinski definition) is 0. The van der Waals surface area contributed by atoms with Gasteiger partial charge in [-0.3, -0.25) is 4.68 Å². The van der Waals surface area contributed by atoms with Gasteiger partial charge in [0.05, 0.1) is 0 Å². The van der Waals surface area contributed by atoms with Crippen LogP contribution >= 0.6 is 0 Å². The Hall–Kier alpha value is -1.50. The van der Waals surface area contributed by atoms with Crippen LogP contribution in [0, 0.1) is 16.7 Å². The van der Waals surface area contributed by atoms with E-state index in [0.29, 0.717) is 11.0 Å². The quantitative estimate of drug-likeness (QED) is 0.778. The first-order chi connectivity index (χ1) is 7.64. The van der Waals surface area contributed by atoms with E-state index < -0.39 is 0 Å². The van der Waals surface area contributed by atoms with Crippen molar-refractivity contribution in [2.24, 2.45) is 12.5 Å². The van der Waals surface area contributed by atoms with Crippen LogP contribution in [0.3, 0.4) is 0 Å². The third-order valence-corrected chi connectivity index (χ3v) is 3.78. The Labute approximate surface area is 96.5 Å². The topological polar surface area (TPSA) is 44.9 Å². The van der Waals surface area contributed by atoms with E-state index in [1.54, 1.807) is 10.9 Å². The van der Waals surface area contributed by atoms with Gasteiger partial charge in [-0.15, -0.1) is 0 Å². The lowest BCUT2D eigenvalue weighted by Crippen LogP contribution is -2.56. The minimum absolute atomic E-state index is 0.449. The molecule has 0 aromatic carbocycles. The first-order valence-corrected chi connectivity index (χ1v) is 5.83. The van der Waals surface area contributed by atoms with Gasteiger partial charge in [0, 0.05) is 31.7 Å². The first kappa shape index (κ1) is 11.0. The summed E-state index contributed by atoms with van der Waals surface area (Å²) in [5.74, 6) is 0.850. The Morgan fingerprint density at radius 1 is 1.44 bits per heavy atom. The highest BCUT2D eigenvalue weighted by Gasteiger charge is 2.41. The molecule has 0 atom stereocenters. The van der Waals surface area contributed by atoms with Crippen molar-refractivity contribution >= 4 is 5.82 Å².